The van der Waals surface area contributed by atoms with E-state index in [4.69, 9.17) is 0 Å². The lowest BCUT2D eigenvalue weighted by Crippen LogP contribution is -2.18. The van der Waals surface area contributed by atoms with Crippen molar-refractivity contribution in [3.8, 4) is 11.1 Å². The molecule has 0 spiro atoms. The van der Waals surface area contributed by atoms with Gasteiger partial charge in [0.05, 0.1) is 30.4 Å². The molecule has 3 heterocycles. The van der Waals surface area contributed by atoms with Gasteiger partial charge in [-0.2, -0.15) is 18.3 Å². The summed E-state index contributed by atoms with van der Waals surface area (Å²) in [6.07, 6.45) is -0.919. The Morgan fingerprint density at radius 3 is 2.56 bits per heavy atom. The number of anilines is 1. The van der Waals surface area contributed by atoms with Crippen LogP contribution in [0.5, 0.6) is 0 Å². The van der Waals surface area contributed by atoms with Gasteiger partial charge >= 0.3 is 6.18 Å². The Morgan fingerprint density at radius 2 is 1.83 bits per heavy atom. The first kappa shape index (κ1) is 29.2. The number of nitrogens with zero attached hydrogens (tertiary/aromatic N) is 6. The minimum Gasteiger partial charge on any atom is -0.354 e. The van der Waals surface area contributed by atoms with E-state index < -0.39 is 29.9 Å². The Balaban J connectivity index is 1.28. The van der Waals surface area contributed by atoms with E-state index in [9.17, 15) is 27.2 Å². The number of amides is 2. The zero-order chi connectivity index (χ0) is 29.4. The SMILES string of the molecule is CNC(=O)c1cn(CCCCc2ccc(NC(=O)Cc3cc(-c4cccc(CC(F)(F)F)c4F)ccn3)nn2)nn1. The van der Waals surface area contributed by atoms with Crippen LogP contribution < -0.4 is 10.6 Å². The molecule has 4 rings (SSSR count). The molecule has 2 amide bonds. The van der Waals surface area contributed by atoms with Gasteiger partial charge in [0.15, 0.2) is 11.5 Å². The topological polar surface area (TPSA) is 128 Å². The molecule has 0 saturated heterocycles. The number of carbonyl (C=O) groups is 2. The van der Waals surface area contributed by atoms with Gasteiger partial charge in [-0.3, -0.25) is 19.3 Å². The van der Waals surface area contributed by atoms with Gasteiger partial charge < -0.3 is 10.6 Å². The molecular weight excluding hydrogens is 544 g/mol. The van der Waals surface area contributed by atoms with Crippen molar-refractivity contribution >= 4 is 17.6 Å². The van der Waals surface area contributed by atoms with Crippen LogP contribution in [0.15, 0.2) is 54.9 Å². The minimum absolute atomic E-state index is 0.00722. The van der Waals surface area contributed by atoms with Crippen LogP contribution in [-0.4, -0.2) is 55.2 Å². The second-order valence-electron chi connectivity index (χ2n) is 9.14. The van der Waals surface area contributed by atoms with Gasteiger partial charge in [-0.15, -0.1) is 10.2 Å². The summed E-state index contributed by atoms with van der Waals surface area (Å²) in [6, 6.07) is 10.1. The van der Waals surface area contributed by atoms with E-state index in [1.165, 1.54) is 37.5 Å². The predicted octanol–water partition coefficient (Wildman–Crippen LogP) is 3.94. The van der Waals surface area contributed by atoms with E-state index in [1.54, 1.807) is 23.0 Å². The van der Waals surface area contributed by atoms with Crippen molar-refractivity contribution in [1.29, 1.82) is 0 Å². The predicted molar refractivity (Wildman–Crippen MR) is 140 cm³/mol. The molecular formula is C27H26F4N8O2. The molecule has 10 nitrogen and oxygen atoms in total. The number of carbonyl (C=O) groups excluding carboxylic acids is 2. The Bertz CT molecular complexity index is 1510. The number of hydrogen-bond donors (Lipinski definition) is 2. The van der Waals surface area contributed by atoms with Gasteiger partial charge in [-0.25, -0.2) is 4.39 Å². The molecule has 0 aliphatic heterocycles. The van der Waals surface area contributed by atoms with E-state index in [0.717, 1.165) is 24.6 Å². The van der Waals surface area contributed by atoms with E-state index in [1.807, 2.05) is 0 Å². The van der Waals surface area contributed by atoms with Crippen molar-refractivity contribution in [2.24, 2.45) is 0 Å². The highest BCUT2D eigenvalue weighted by Crippen LogP contribution is 2.29. The number of alkyl halides is 3. The standard InChI is InChI=1S/C27H26F4N8O2/c1-32-26(41)22-16-39(38-36-22)12-3-2-6-19-8-9-23(37-35-19)34-24(40)14-20-13-17(10-11-33-20)21-7-4-5-18(25(21)28)15-27(29,30)31/h4-5,7-11,13,16H,2-3,6,12,14-15H2,1H3,(H,32,41)(H,34,37,40). The third-order valence-electron chi connectivity index (χ3n) is 5.99. The number of pyridine rings is 1. The molecule has 0 bridgehead atoms. The normalized spacial score (nSPS) is 11.3. The minimum atomic E-state index is -4.54. The number of hydrogen-bond acceptors (Lipinski definition) is 7. The van der Waals surface area contributed by atoms with Gasteiger partial charge in [0.25, 0.3) is 5.91 Å². The third-order valence-corrected chi connectivity index (χ3v) is 5.99. The highest BCUT2D eigenvalue weighted by molar-refractivity contribution is 5.91. The summed E-state index contributed by atoms with van der Waals surface area (Å²) in [7, 11) is 1.52. The molecule has 0 radical (unpaired) electrons. The van der Waals surface area contributed by atoms with Gasteiger partial charge in [0.2, 0.25) is 5.91 Å². The van der Waals surface area contributed by atoms with E-state index in [-0.39, 0.29) is 29.4 Å². The lowest BCUT2D eigenvalue weighted by atomic mass is 10.00. The Kier molecular flexibility index (Phi) is 9.32. The number of aryl methyl sites for hydroxylation is 2. The molecule has 0 atom stereocenters. The van der Waals surface area contributed by atoms with Gasteiger partial charge in [-0.05, 0) is 54.7 Å². The van der Waals surface area contributed by atoms with Crippen LogP contribution in [0.1, 0.15) is 40.3 Å². The molecule has 0 aliphatic rings. The molecule has 1 aromatic carbocycles. The summed E-state index contributed by atoms with van der Waals surface area (Å²) in [5.74, 6) is -1.46. The second kappa shape index (κ2) is 13.1. The maximum Gasteiger partial charge on any atom is 0.393 e. The monoisotopic (exact) mass is 570 g/mol. The molecule has 0 unspecified atom stereocenters. The molecule has 0 aliphatic carbocycles. The van der Waals surface area contributed by atoms with Crippen LogP contribution in [0.2, 0.25) is 0 Å². The van der Waals surface area contributed by atoms with Crippen molar-refractivity contribution < 1.29 is 27.2 Å². The van der Waals surface area contributed by atoms with Gasteiger partial charge in [0, 0.05) is 25.4 Å². The fraction of sp³-hybridized carbons (Fsp3) is 0.296. The summed E-state index contributed by atoms with van der Waals surface area (Å²) >= 11 is 0. The summed E-state index contributed by atoms with van der Waals surface area (Å²) in [6.45, 7) is 0.590. The first-order valence-electron chi connectivity index (χ1n) is 12.7. The van der Waals surface area contributed by atoms with Crippen LogP contribution in [0, 0.1) is 5.82 Å². The number of benzene rings is 1. The summed E-state index contributed by atoms with van der Waals surface area (Å²) in [5.41, 5.74) is 1.14. The van der Waals surface area contributed by atoms with E-state index >= 15 is 0 Å². The fourth-order valence-corrected chi connectivity index (χ4v) is 4.03. The van der Waals surface area contributed by atoms with Crippen LogP contribution in [0.3, 0.4) is 0 Å². The summed E-state index contributed by atoms with van der Waals surface area (Å²) in [5, 5.41) is 21.0. The second-order valence-corrected chi connectivity index (χ2v) is 9.14. The van der Waals surface area contributed by atoms with E-state index in [2.05, 4.69) is 36.1 Å². The maximum atomic E-state index is 14.8. The Labute approximate surface area is 232 Å². The number of halogens is 4. The lowest BCUT2D eigenvalue weighted by Gasteiger charge is -2.11. The van der Waals surface area contributed by atoms with Crippen LogP contribution in [0.4, 0.5) is 23.4 Å². The number of nitrogens with one attached hydrogen (secondary N) is 2. The maximum absolute atomic E-state index is 14.8. The van der Waals surface area contributed by atoms with Crippen molar-refractivity contribution in [3.05, 3.63) is 83.3 Å². The van der Waals surface area contributed by atoms with E-state index in [0.29, 0.717) is 24.2 Å². The third kappa shape index (κ3) is 8.37. The van der Waals surface area contributed by atoms with Gasteiger partial charge in [-0.1, -0.05) is 23.4 Å². The smallest absolute Gasteiger partial charge is 0.354 e. The summed E-state index contributed by atoms with van der Waals surface area (Å²) in [4.78, 5) is 28.2. The fourth-order valence-electron chi connectivity index (χ4n) is 4.03. The molecule has 2 N–H and O–H groups in total. The number of rotatable bonds is 11. The van der Waals surface area contributed by atoms with Crippen molar-refractivity contribution in [2.45, 2.75) is 44.8 Å². The highest BCUT2D eigenvalue weighted by atomic mass is 19.4. The van der Waals surface area contributed by atoms with Crippen molar-refractivity contribution in [3.63, 3.8) is 0 Å². The van der Waals surface area contributed by atoms with Crippen LogP contribution in [0.25, 0.3) is 11.1 Å². The zero-order valence-corrected chi connectivity index (χ0v) is 22.0. The zero-order valence-electron chi connectivity index (χ0n) is 22.0. The largest absolute Gasteiger partial charge is 0.393 e. The average molecular weight is 571 g/mol. The number of unbranched alkanes of at least 4 members (excludes halogenated alkanes) is 1. The molecule has 14 heteroatoms. The van der Waals surface area contributed by atoms with Crippen LogP contribution in [-0.2, 0) is 30.6 Å². The summed E-state index contributed by atoms with van der Waals surface area (Å²) < 4.78 is 54.7. The molecule has 4 aromatic rings. The molecule has 3 aromatic heterocycles. The number of aromatic nitrogens is 6. The lowest BCUT2D eigenvalue weighted by molar-refractivity contribution is -0.127. The quantitative estimate of drug-likeness (QED) is 0.207. The van der Waals surface area contributed by atoms with Crippen molar-refractivity contribution in [2.75, 3.05) is 12.4 Å². The van der Waals surface area contributed by atoms with Crippen molar-refractivity contribution in [1.82, 2.24) is 35.5 Å². The first-order valence-corrected chi connectivity index (χ1v) is 12.7. The highest BCUT2D eigenvalue weighted by Gasteiger charge is 2.29. The average Bonchev–Trinajstić information content (AvgIpc) is 3.41. The molecule has 41 heavy (non-hydrogen) atoms. The van der Waals surface area contributed by atoms with Crippen LogP contribution >= 0.6 is 0 Å². The molecule has 0 saturated carbocycles. The molecule has 214 valence electrons. The molecule has 0 fully saturated rings. The van der Waals surface area contributed by atoms with Gasteiger partial charge in [0.1, 0.15) is 5.82 Å². The Hall–Kier alpha value is -4.75. The first-order chi connectivity index (χ1) is 19.6. The Morgan fingerprint density at radius 1 is 1.00 bits per heavy atom.